The third kappa shape index (κ3) is 35.6. The van der Waals surface area contributed by atoms with E-state index in [9.17, 15) is 14.2 Å². The maximum Gasteiger partial charge on any atom is 0.469 e. The van der Waals surface area contributed by atoms with Gasteiger partial charge in [-0.05, 0) is 38.5 Å². The molecule has 0 aliphatic carbocycles. The van der Waals surface area contributed by atoms with Crippen LogP contribution in [0.1, 0.15) is 194 Å². The van der Waals surface area contributed by atoms with Crippen LogP contribution in [0.3, 0.4) is 0 Å². The lowest BCUT2D eigenvalue weighted by Crippen LogP contribution is -2.29. The van der Waals surface area contributed by atoms with Gasteiger partial charge in [-0.1, -0.05) is 154 Å². The molecule has 0 aromatic carbocycles. The molecular weight excluding hydrogens is 603 g/mol. The summed E-state index contributed by atoms with van der Waals surface area (Å²) in [5.41, 5.74) is 0. The third-order valence-corrected chi connectivity index (χ3v) is 8.77. The molecule has 0 unspecified atom stereocenters. The molecular formula is C37H71O8P. The van der Waals surface area contributed by atoms with Gasteiger partial charge in [0.1, 0.15) is 6.61 Å². The molecule has 0 fully saturated rings. The molecule has 2 N–H and O–H groups in total. The maximum atomic E-state index is 12.3. The summed E-state index contributed by atoms with van der Waals surface area (Å²) in [4.78, 5) is 42.6. The van der Waals surface area contributed by atoms with Crippen LogP contribution in [0, 0.1) is 0 Å². The molecule has 0 saturated heterocycles. The van der Waals surface area contributed by atoms with Crippen molar-refractivity contribution in [3.05, 3.63) is 12.2 Å². The Hall–Kier alpha value is -1.21. The van der Waals surface area contributed by atoms with E-state index in [0.717, 1.165) is 57.8 Å². The highest BCUT2D eigenvalue weighted by atomic mass is 31.2. The summed E-state index contributed by atoms with van der Waals surface area (Å²) in [6, 6.07) is 0. The molecule has 8 nitrogen and oxygen atoms in total. The summed E-state index contributed by atoms with van der Waals surface area (Å²) in [6.45, 7) is 3.67. The number of rotatable bonds is 35. The number of unbranched alkanes of at least 4 members (excludes halogenated alkanes) is 23. The van der Waals surface area contributed by atoms with Crippen molar-refractivity contribution in [1.29, 1.82) is 0 Å². The smallest absolute Gasteiger partial charge is 0.462 e. The third-order valence-electron chi connectivity index (χ3n) is 8.28. The predicted molar refractivity (Wildman–Crippen MR) is 189 cm³/mol. The number of phosphoric acid groups is 1. The minimum Gasteiger partial charge on any atom is -0.462 e. The number of ether oxygens (including phenoxy) is 2. The lowest BCUT2D eigenvalue weighted by molar-refractivity contribution is -0.161. The maximum absolute atomic E-state index is 12.3. The zero-order valence-electron chi connectivity index (χ0n) is 29.7. The summed E-state index contributed by atoms with van der Waals surface area (Å²) in [7, 11) is -4.74. The Morgan fingerprint density at radius 2 is 0.913 bits per heavy atom. The van der Waals surface area contributed by atoms with Gasteiger partial charge in [0.05, 0.1) is 6.61 Å². The van der Waals surface area contributed by atoms with Crippen molar-refractivity contribution in [3.63, 3.8) is 0 Å². The second-order valence-corrected chi connectivity index (χ2v) is 14.1. The van der Waals surface area contributed by atoms with E-state index in [2.05, 4.69) is 30.5 Å². The molecule has 0 rings (SSSR count). The Balaban J connectivity index is 3.94. The molecule has 0 saturated carbocycles. The first-order chi connectivity index (χ1) is 22.3. The van der Waals surface area contributed by atoms with E-state index in [1.54, 1.807) is 0 Å². The van der Waals surface area contributed by atoms with Crippen molar-refractivity contribution < 1.29 is 37.9 Å². The average molecular weight is 675 g/mol. The average Bonchev–Trinajstić information content (AvgIpc) is 3.02. The van der Waals surface area contributed by atoms with Crippen molar-refractivity contribution in [2.75, 3.05) is 13.2 Å². The van der Waals surface area contributed by atoms with Crippen LogP contribution in [0.5, 0.6) is 0 Å². The van der Waals surface area contributed by atoms with E-state index in [1.807, 2.05) is 0 Å². The van der Waals surface area contributed by atoms with Gasteiger partial charge in [0.2, 0.25) is 0 Å². The zero-order chi connectivity index (χ0) is 34.0. The molecule has 272 valence electrons. The van der Waals surface area contributed by atoms with Crippen molar-refractivity contribution >= 4 is 19.8 Å². The summed E-state index contributed by atoms with van der Waals surface area (Å²) in [5.74, 6) is -0.887. The molecule has 0 aliphatic heterocycles. The van der Waals surface area contributed by atoms with Crippen LogP contribution in [-0.4, -0.2) is 41.0 Å². The van der Waals surface area contributed by atoms with Gasteiger partial charge in [0.15, 0.2) is 6.10 Å². The molecule has 0 aliphatic rings. The highest BCUT2D eigenvalue weighted by Gasteiger charge is 2.22. The number of carbonyl (C=O) groups excluding carboxylic acids is 2. The number of hydrogen-bond acceptors (Lipinski definition) is 6. The van der Waals surface area contributed by atoms with Gasteiger partial charge < -0.3 is 19.3 Å². The fourth-order valence-corrected chi connectivity index (χ4v) is 5.79. The van der Waals surface area contributed by atoms with Gasteiger partial charge in [0.25, 0.3) is 0 Å². The molecule has 0 aromatic heterocycles. The minimum absolute atomic E-state index is 0.215. The summed E-state index contributed by atoms with van der Waals surface area (Å²) in [6.07, 6.45) is 35.0. The molecule has 0 aromatic rings. The predicted octanol–water partition coefficient (Wildman–Crippen LogP) is 11.1. The summed E-state index contributed by atoms with van der Waals surface area (Å²) in [5, 5.41) is 0. The van der Waals surface area contributed by atoms with E-state index >= 15 is 0 Å². The van der Waals surface area contributed by atoms with E-state index in [1.165, 1.54) is 103 Å². The Morgan fingerprint density at radius 1 is 0.543 bits per heavy atom. The number of allylic oxidation sites excluding steroid dienone is 2. The van der Waals surface area contributed by atoms with Crippen LogP contribution >= 0.6 is 7.82 Å². The van der Waals surface area contributed by atoms with Gasteiger partial charge in [-0.25, -0.2) is 4.57 Å². The van der Waals surface area contributed by atoms with Crippen LogP contribution in [0.15, 0.2) is 12.2 Å². The van der Waals surface area contributed by atoms with E-state index < -0.39 is 32.5 Å². The van der Waals surface area contributed by atoms with Crippen molar-refractivity contribution in [2.45, 2.75) is 200 Å². The zero-order valence-corrected chi connectivity index (χ0v) is 30.6. The number of hydrogen-bond donors (Lipinski definition) is 2. The molecule has 46 heavy (non-hydrogen) atoms. The summed E-state index contributed by atoms with van der Waals surface area (Å²) >= 11 is 0. The van der Waals surface area contributed by atoms with Crippen LogP contribution < -0.4 is 0 Å². The standard InChI is InChI=1S/C37H71O8P/c1-3-5-7-9-11-13-15-17-18-19-20-22-23-25-27-29-31-36(38)43-33-35(34-44-46(40,41)42)45-37(39)32-30-28-26-24-21-16-14-12-10-8-6-4-2/h18-19,35H,3-17,20-34H2,1-2H3,(H2,40,41,42)/b19-18-/t35-/m1/s1. The Bertz CT molecular complexity index is 766. The largest absolute Gasteiger partial charge is 0.469 e. The van der Waals surface area contributed by atoms with Crippen LogP contribution in [0.25, 0.3) is 0 Å². The quantitative estimate of drug-likeness (QED) is 0.0295. The van der Waals surface area contributed by atoms with Crippen LogP contribution in [-0.2, 0) is 28.2 Å². The fraction of sp³-hybridized carbons (Fsp3) is 0.892. The van der Waals surface area contributed by atoms with E-state index in [0.29, 0.717) is 6.42 Å². The number of phosphoric ester groups is 1. The Kier molecular flexibility index (Phi) is 32.8. The Morgan fingerprint density at radius 3 is 1.33 bits per heavy atom. The van der Waals surface area contributed by atoms with Gasteiger partial charge in [-0.2, -0.15) is 0 Å². The number of carbonyl (C=O) groups is 2. The minimum atomic E-state index is -4.74. The van der Waals surface area contributed by atoms with Crippen LogP contribution in [0.4, 0.5) is 0 Å². The van der Waals surface area contributed by atoms with E-state index in [-0.39, 0.29) is 19.4 Å². The topological polar surface area (TPSA) is 119 Å². The van der Waals surface area contributed by atoms with Crippen molar-refractivity contribution in [2.24, 2.45) is 0 Å². The second-order valence-electron chi connectivity index (χ2n) is 12.9. The number of esters is 2. The van der Waals surface area contributed by atoms with Crippen molar-refractivity contribution in [1.82, 2.24) is 0 Å². The van der Waals surface area contributed by atoms with Crippen molar-refractivity contribution in [3.8, 4) is 0 Å². The normalized spacial score (nSPS) is 12.5. The lowest BCUT2D eigenvalue weighted by Gasteiger charge is -2.18. The van der Waals surface area contributed by atoms with E-state index in [4.69, 9.17) is 19.3 Å². The second kappa shape index (κ2) is 33.7. The van der Waals surface area contributed by atoms with Crippen LogP contribution in [0.2, 0.25) is 0 Å². The molecule has 0 radical (unpaired) electrons. The molecule has 9 heteroatoms. The lowest BCUT2D eigenvalue weighted by atomic mass is 10.0. The first kappa shape index (κ1) is 44.8. The first-order valence-electron chi connectivity index (χ1n) is 19.0. The highest BCUT2D eigenvalue weighted by Crippen LogP contribution is 2.36. The molecule has 1 atom stereocenters. The Labute approximate surface area is 282 Å². The summed E-state index contributed by atoms with van der Waals surface area (Å²) < 4.78 is 26.3. The van der Waals surface area contributed by atoms with Gasteiger partial charge in [-0.15, -0.1) is 0 Å². The van der Waals surface area contributed by atoms with Gasteiger partial charge in [0, 0.05) is 12.8 Å². The highest BCUT2D eigenvalue weighted by molar-refractivity contribution is 7.46. The first-order valence-corrected chi connectivity index (χ1v) is 20.5. The fourth-order valence-electron chi connectivity index (χ4n) is 5.43. The monoisotopic (exact) mass is 674 g/mol. The molecule has 0 bridgehead atoms. The molecule has 0 spiro atoms. The molecule has 0 amide bonds. The SMILES string of the molecule is CCCCCCCCC/C=C\CCCCCCCC(=O)OC[C@H](COP(=O)(O)O)OC(=O)CCCCCCCCCCCCCC. The molecule has 0 heterocycles. The van der Waals surface area contributed by atoms with Gasteiger partial charge >= 0.3 is 19.8 Å². The van der Waals surface area contributed by atoms with Gasteiger partial charge in [-0.3, -0.25) is 14.1 Å².